The molecule has 0 radical (unpaired) electrons. The Kier molecular flexibility index (Phi) is 5.34. The highest BCUT2D eigenvalue weighted by Gasteiger charge is 2.10. The summed E-state index contributed by atoms with van der Waals surface area (Å²) in [5, 5.41) is 5.43. The lowest BCUT2D eigenvalue weighted by Gasteiger charge is -2.20. The number of fused-ring (bicyclic) bond motifs is 1. The van der Waals surface area contributed by atoms with Gasteiger partial charge in [-0.05, 0) is 34.4 Å². The van der Waals surface area contributed by atoms with Gasteiger partial charge in [-0.1, -0.05) is 67.6 Å². The molecule has 0 aliphatic heterocycles. The van der Waals surface area contributed by atoms with Gasteiger partial charge in [0.05, 0.1) is 6.54 Å². The molecule has 0 fully saturated rings. The molecule has 0 aromatic heterocycles. The SMILES string of the molecule is C[C@@H](CNC(=O)CN(C)c1ccc2ccccc2c1)c1ccccc1. The van der Waals surface area contributed by atoms with Gasteiger partial charge < -0.3 is 10.2 Å². The summed E-state index contributed by atoms with van der Waals surface area (Å²) in [5.74, 6) is 0.342. The summed E-state index contributed by atoms with van der Waals surface area (Å²) in [6, 6.07) is 24.8. The van der Waals surface area contributed by atoms with Crippen molar-refractivity contribution >= 4 is 22.4 Å². The van der Waals surface area contributed by atoms with Crippen molar-refractivity contribution in [1.29, 1.82) is 0 Å². The predicted octanol–water partition coefficient (Wildman–Crippen LogP) is 4.20. The van der Waals surface area contributed by atoms with Crippen molar-refractivity contribution in [1.82, 2.24) is 5.32 Å². The summed E-state index contributed by atoms with van der Waals surface area (Å²) in [4.78, 5) is 14.3. The third-order valence-electron chi connectivity index (χ3n) is 4.53. The van der Waals surface area contributed by atoms with Crippen LogP contribution in [0, 0.1) is 0 Å². The smallest absolute Gasteiger partial charge is 0.239 e. The fraction of sp³-hybridized carbons (Fsp3) is 0.227. The second kappa shape index (κ2) is 7.84. The van der Waals surface area contributed by atoms with E-state index in [-0.39, 0.29) is 5.91 Å². The van der Waals surface area contributed by atoms with Crippen LogP contribution in [0.15, 0.2) is 72.8 Å². The number of anilines is 1. The average Bonchev–Trinajstić information content (AvgIpc) is 2.66. The summed E-state index contributed by atoms with van der Waals surface area (Å²) in [6.45, 7) is 3.12. The van der Waals surface area contributed by atoms with Gasteiger partial charge in [-0.15, -0.1) is 0 Å². The van der Waals surface area contributed by atoms with Crippen LogP contribution in [0.3, 0.4) is 0 Å². The van der Waals surface area contributed by atoms with Crippen molar-refractivity contribution in [2.45, 2.75) is 12.8 Å². The Bertz CT molecular complexity index is 845. The molecule has 3 nitrogen and oxygen atoms in total. The lowest BCUT2D eigenvalue weighted by atomic mass is 10.0. The first kappa shape index (κ1) is 17.0. The van der Waals surface area contributed by atoms with Crippen LogP contribution in [0.25, 0.3) is 10.8 Å². The van der Waals surface area contributed by atoms with Crippen LogP contribution in [0.4, 0.5) is 5.69 Å². The highest BCUT2D eigenvalue weighted by molar-refractivity contribution is 5.87. The van der Waals surface area contributed by atoms with E-state index in [1.165, 1.54) is 16.3 Å². The van der Waals surface area contributed by atoms with Gasteiger partial charge >= 0.3 is 0 Å². The summed E-state index contributed by atoms with van der Waals surface area (Å²) in [7, 11) is 1.95. The third kappa shape index (κ3) is 4.38. The average molecular weight is 332 g/mol. The van der Waals surface area contributed by atoms with E-state index in [9.17, 15) is 4.79 Å². The molecular weight excluding hydrogens is 308 g/mol. The molecule has 3 rings (SSSR count). The fourth-order valence-corrected chi connectivity index (χ4v) is 2.94. The molecule has 0 aliphatic rings. The minimum atomic E-state index is 0.0402. The van der Waals surface area contributed by atoms with Crippen molar-refractivity contribution in [2.24, 2.45) is 0 Å². The lowest BCUT2D eigenvalue weighted by molar-refractivity contribution is -0.119. The second-order valence-electron chi connectivity index (χ2n) is 6.50. The number of rotatable bonds is 6. The maximum Gasteiger partial charge on any atom is 0.239 e. The molecule has 0 saturated carbocycles. The van der Waals surface area contributed by atoms with Crippen molar-refractivity contribution in [3.05, 3.63) is 78.4 Å². The van der Waals surface area contributed by atoms with Crippen LogP contribution in [0.2, 0.25) is 0 Å². The molecule has 0 bridgehead atoms. The van der Waals surface area contributed by atoms with Crippen LogP contribution in [0.5, 0.6) is 0 Å². The molecule has 3 aromatic rings. The maximum absolute atomic E-state index is 12.3. The monoisotopic (exact) mass is 332 g/mol. The number of carbonyl (C=O) groups excluding carboxylic acids is 1. The van der Waals surface area contributed by atoms with Gasteiger partial charge in [0.15, 0.2) is 0 Å². The van der Waals surface area contributed by atoms with E-state index in [0.717, 1.165) is 5.69 Å². The molecule has 3 aromatic carbocycles. The first-order valence-electron chi connectivity index (χ1n) is 8.65. The molecule has 3 heteroatoms. The predicted molar refractivity (Wildman–Crippen MR) is 105 cm³/mol. The van der Waals surface area contributed by atoms with E-state index in [1.807, 2.05) is 42.3 Å². The Morgan fingerprint density at radius 2 is 1.64 bits per heavy atom. The largest absolute Gasteiger partial charge is 0.365 e. The maximum atomic E-state index is 12.3. The number of likely N-dealkylation sites (N-methyl/N-ethyl adjacent to an activating group) is 1. The highest BCUT2D eigenvalue weighted by atomic mass is 16.2. The van der Waals surface area contributed by atoms with E-state index in [4.69, 9.17) is 0 Å². The Morgan fingerprint density at radius 1 is 0.960 bits per heavy atom. The fourth-order valence-electron chi connectivity index (χ4n) is 2.94. The minimum Gasteiger partial charge on any atom is -0.365 e. The zero-order chi connectivity index (χ0) is 17.6. The van der Waals surface area contributed by atoms with Gasteiger partial charge in [0, 0.05) is 19.3 Å². The number of nitrogens with zero attached hydrogens (tertiary/aromatic N) is 1. The molecule has 25 heavy (non-hydrogen) atoms. The molecule has 1 N–H and O–H groups in total. The first-order chi connectivity index (χ1) is 12.1. The number of nitrogens with one attached hydrogen (secondary N) is 1. The molecule has 1 atom stereocenters. The van der Waals surface area contributed by atoms with Gasteiger partial charge in [-0.25, -0.2) is 0 Å². The molecular formula is C22H24N2O. The summed E-state index contributed by atoms with van der Waals surface area (Å²) in [5.41, 5.74) is 2.29. The van der Waals surface area contributed by atoms with Crippen molar-refractivity contribution in [3.8, 4) is 0 Å². The van der Waals surface area contributed by atoms with Crippen molar-refractivity contribution < 1.29 is 4.79 Å². The molecule has 0 spiro atoms. The highest BCUT2D eigenvalue weighted by Crippen LogP contribution is 2.21. The van der Waals surface area contributed by atoms with E-state index in [0.29, 0.717) is 19.0 Å². The Labute approximate surface area is 149 Å². The zero-order valence-electron chi connectivity index (χ0n) is 14.8. The number of carbonyl (C=O) groups is 1. The Balaban J connectivity index is 1.56. The van der Waals surface area contributed by atoms with Crippen molar-refractivity contribution in [2.75, 3.05) is 25.0 Å². The number of amides is 1. The standard InChI is InChI=1S/C22H24N2O/c1-17(18-8-4-3-5-9-18)15-23-22(25)16-24(2)21-13-12-19-10-6-7-11-20(19)14-21/h3-14,17H,15-16H2,1-2H3,(H,23,25)/t17-/m0/s1. The van der Waals surface area contributed by atoms with E-state index < -0.39 is 0 Å². The van der Waals surface area contributed by atoms with Crippen molar-refractivity contribution in [3.63, 3.8) is 0 Å². The zero-order valence-corrected chi connectivity index (χ0v) is 14.8. The summed E-state index contributed by atoms with van der Waals surface area (Å²) < 4.78 is 0. The van der Waals surface area contributed by atoms with Crippen LogP contribution < -0.4 is 10.2 Å². The van der Waals surface area contributed by atoms with Gasteiger partial charge in [0.2, 0.25) is 5.91 Å². The molecule has 0 saturated heterocycles. The molecule has 0 heterocycles. The molecule has 1 amide bonds. The normalized spacial score (nSPS) is 11.9. The van der Waals surface area contributed by atoms with E-state index in [2.05, 4.69) is 54.7 Å². The number of hydrogen-bond acceptors (Lipinski definition) is 2. The van der Waals surface area contributed by atoms with Gasteiger partial charge in [-0.2, -0.15) is 0 Å². The van der Waals surface area contributed by atoms with Gasteiger partial charge in [-0.3, -0.25) is 4.79 Å². The molecule has 128 valence electrons. The quantitative estimate of drug-likeness (QED) is 0.734. The first-order valence-corrected chi connectivity index (χ1v) is 8.65. The van der Waals surface area contributed by atoms with Crippen LogP contribution in [0.1, 0.15) is 18.4 Å². The van der Waals surface area contributed by atoms with E-state index in [1.54, 1.807) is 0 Å². The van der Waals surface area contributed by atoms with E-state index >= 15 is 0 Å². The topological polar surface area (TPSA) is 32.3 Å². The molecule has 0 aliphatic carbocycles. The Hall–Kier alpha value is -2.81. The number of hydrogen-bond donors (Lipinski definition) is 1. The Morgan fingerprint density at radius 3 is 2.40 bits per heavy atom. The van der Waals surface area contributed by atoms with Crippen LogP contribution in [-0.2, 0) is 4.79 Å². The number of benzene rings is 3. The van der Waals surface area contributed by atoms with Crippen LogP contribution in [-0.4, -0.2) is 26.0 Å². The third-order valence-corrected chi connectivity index (χ3v) is 4.53. The summed E-state index contributed by atoms with van der Waals surface area (Å²) in [6.07, 6.45) is 0. The van der Waals surface area contributed by atoms with Gasteiger partial charge in [0.25, 0.3) is 0 Å². The second-order valence-corrected chi connectivity index (χ2v) is 6.50. The van der Waals surface area contributed by atoms with Gasteiger partial charge in [0.1, 0.15) is 0 Å². The lowest BCUT2D eigenvalue weighted by Crippen LogP contribution is -2.36. The molecule has 0 unspecified atom stereocenters. The minimum absolute atomic E-state index is 0.0402. The summed E-state index contributed by atoms with van der Waals surface area (Å²) >= 11 is 0. The van der Waals surface area contributed by atoms with Crippen LogP contribution >= 0.6 is 0 Å².